The van der Waals surface area contributed by atoms with Crippen LogP contribution in [0.1, 0.15) is 33.8 Å². The Morgan fingerprint density at radius 2 is 1.88 bits per heavy atom. The van der Waals surface area contributed by atoms with E-state index in [2.05, 4.69) is 10.5 Å². The predicted molar refractivity (Wildman–Crippen MR) is 79.3 cm³/mol. The molecular weight excluding hydrogens is 325 g/mol. The molecule has 1 amide bonds. The van der Waals surface area contributed by atoms with E-state index < -0.39 is 24.1 Å². The number of amides is 1. The number of carbonyl (C=O) groups is 1. The van der Waals surface area contributed by atoms with Crippen molar-refractivity contribution in [2.75, 3.05) is 6.54 Å². The van der Waals surface area contributed by atoms with Crippen molar-refractivity contribution >= 4 is 5.91 Å². The molecule has 8 heteroatoms. The van der Waals surface area contributed by atoms with Crippen LogP contribution in [0.4, 0.5) is 13.2 Å². The van der Waals surface area contributed by atoms with E-state index >= 15 is 0 Å². The maximum atomic E-state index is 13.3. The zero-order valence-electron chi connectivity index (χ0n) is 13.1. The van der Waals surface area contributed by atoms with Gasteiger partial charge in [-0.05, 0) is 19.4 Å². The third kappa shape index (κ3) is 3.43. The second-order valence-electron chi connectivity index (χ2n) is 5.43. The van der Waals surface area contributed by atoms with Gasteiger partial charge in [0, 0.05) is 13.0 Å². The van der Waals surface area contributed by atoms with Gasteiger partial charge < -0.3 is 14.9 Å². The van der Waals surface area contributed by atoms with Gasteiger partial charge in [0.2, 0.25) is 0 Å². The molecule has 1 aromatic carbocycles. The number of alkyl halides is 3. The molecule has 0 saturated heterocycles. The lowest BCUT2D eigenvalue weighted by molar-refractivity contribution is -0.268. The largest absolute Gasteiger partial charge is 0.421 e. The summed E-state index contributed by atoms with van der Waals surface area (Å²) in [6.07, 6.45) is -5.59. The Bertz CT molecular complexity index is 694. The lowest BCUT2D eigenvalue weighted by Crippen LogP contribution is -2.45. The number of benzene rings is 1. The molecule has 0 aliphatic rings. The molecule has 0 aliphatic heterocycles. The van der Waals surface area contributed by atoms with Crippen molar-refractivity contribution in [3.8, 4) is 0 Å². The van der Waals surface area contributed by atoms with Gasteiger partial charge in [0.25, 0.3) is 5.91 Å². The normalized spacial score (nSPS) is 14.2. The highest BCUT2D eigenvalue weighted by atomic mass is 19.4. The fourth-order valence-corrected chi connectivity index (χ4v) is 2.42. The number of hydrogen-bond acceptors (Lipinski definition) is 4. The Morgan fingerprint density at radius 3 is 2.38 bits per heavy atom. The van der Waals surface area contributed by atoms with E-state index in [0.29, 0.717) is 5.69 Å². The molecule has 5 nitrogen and oxygen atoms in total. The van der Waals surface area contributed by atoms with Crippen LogP contribution in [-0.2, 0) is 5.60 Å². The average molecular weight is 342 g/mol. The number of rotatable bonds is 5. The molecule has 0 radical (unpaired) electrons. The molecule has 130 valence electrons. The maximum absolute atomic E-state index is 13.3. The van der Waals surface area contributed by atoms with Gasteiger partial charge in [-0.3, -0.25) is 4.79 Å². The third-order valence-electron chi connectivity index (χ3n) is 3.75. The highest BCUT2D eigenvalue weighted by Gasteiger charge is 2.54. The Morgan fingerprint density at radius 1 is 1.25 bits per heavy atom. The Hall–Kier alpha value is -2.35. The molecule has 2 N–H and O–H groups in total. The smallest absolute Gasteiger partial charge is 0.376 e. The number of carbonyl (C=O) groups excluding carboxylic acids is 1. The molecule has 2 aromatic rings. The Labute approximate surface area is 136 Å². The van der Waals surface area contributed by atoms with Crippen molar-refractivity contribution in [2.24, 2.45) is 0 Å². The second-order valence-corrected chi connectivity index (χ2v) is 5.43. The summed E-state index contributed by atoms with van der Waals surface area (Å²) in [5.74, 6) is -0.317. The SMILES string of the molecule is Cc1noc(C)c1C(=O)NCCC(O)(c1ccccc1)C(F)(F)F. The van der Waals surface area contributed by atoms with Gasteiger partial charge in [-0.15, -0.1) is 0 Å². The summed E-state index contributed by atoms with van der Waals surface area (Å²) in [6, 6.07) is 6.77. The summed E-state index contributed by atoms with van der Waals surface area (Å²) >= 11 is 0. The molecule has 0 fully saturated rings. The summed E-state index contributed by atoms with van der Waals surface area (Å²) < 4.78 is 44.8. The van der Waals surface area contributed by atoms with Crippen molar-refractivity contribution < 1.29 is 27.6 Å². The first-order chi connectivity index (χ1) is 11.2. The van der Waals surface area contributed by atoms with Crippen LogP contribution in [0.15, 0.2) is 34.9 Å². The summed E-state index contributed by atoms with van der Waals surface area (Å²) in [5, 5.41) is 16.1. The van der Waals surface area contributed by atoms with Crippen molar-refractivity contribution in [3.63, 3.8) is 0 Å². The summed E-state index contributed by atoms with van der Waals surface area (Å²) in [4.78, 5) is 12.0. The Kier molecular flexibility index (Phi) is 4.98. The van der Waals surface area contributed by atoms with Crippen LogP contribution in [0, 0.1) is 13.8 Å². The zero-order valence-corrected chi connectivity index (χ0v) is 13.1. The lowest BCUT2D eigenvalue weighted by Gasteiger charge is -2.31. The molecule has 0 bridgehead atoms. The first-order valence-electron chi connectivity index (χ1n) is 7.22. The van der Waals surface area contributed by atoms with E-state index in [1.165, 1.54) is 31.2 Å². The molecule has 0 saturated carbocycles. The zero-order chi connectivity index (χ0) is 18.0. The molecule has 0 aliphatic carbocycles. The molecule has 1 aromatic heterocycles. The van der Waals surface area contributed by atoms with Crippen LogP contribution in [0.2, 0.25) is 0 Å². The average Bonchev–Trinajstić information content (AvgIpc) is 2.85. The van der Waals surface area contributed by atoms with Crippen molar-refractivity contribution in [3.05, 3.63) is 52.9 Å². The summed E-state index contributed by atoms with van der Waals surface area (Å²) in [6.45, 7) is 2.72. The molecule has 24 heavy (non-hydrogen) atoms. The van der Waals surface area contributed by atoms with Crippen LogP contribution >= 0.6 is 0 Å². The minimum absolute atomic E-state index is 0.185. The number of aromatic nitrogens is 1. The van der Waals surface area contributed by atoms with Crippen LogP contribution in [-0.4, -0.2) is 28.9 Å². The predicted octanol–water partition coefficient (Wildman–Crippen LogP) is 2.86. The van der Waals surface area contributed by atoms with Gasteiger partial charge in [0.1, 0.15) is 11.3 Å². The van der Waals surface area contributed by atoms with Crippen molar-refractivity contribution in [2.45, 2.75) is 32.0 Å². The van der Waals surface area contributed by atoms with Crippen LogP contribution in [0.5, 0.6) is 0 Å². The van der Waals surface area contributed by atoms with E-state index in [1.54, 1.807) is 13.0 Å². The summed E-state index contributed by atoms with van der Waals surface area (Å²) in [7, 11) is 0. The van der Waals surface area contributed by atoms with E-state index in [-0.39, 0.29) is 23.4 Å². The minimum atomic E-state index is -4.87. The molecule has 1 atom stereocenters. The van der Waals surface area contributed by atoms with E-state index in [0.717, 1.165) is 0 Å². The van der Waals surface area contributed by atoms with E-state index in [9.17, 15) is 23.1 Å². The van der Waals surface area contributed by atoms with Gasteiger partial charge in [0.15, 0.2) is 5.60 Å². The molecule has 1 heterocycles. The van der Waals surface area contributed by atoms with Gasteiger partial charge in [-0.25, -0.2) is 0 Å². The maximum Gasteiger partial charge on any atom is 0.421 e. The number of aryl methyl sites for hydroxylation is 2. The standard InChI is InChI=1S/C16H17F3N2O3/c1-10-13(11(2)24-21-10)14(22)20-9-8-15(23,16(17,18)19)12-6-4-3-5-7-12/h3-7,23H,8-9H2,1-2H3,(H,20,22). The topological polar surface area (TPSA) is 75.4 Å². The van der Waals surface area contributed by atoms with E-state index in [4.69, 9.17) is 4.52 Å². The fraction of sp³-hybridized carbons (Fsp3) is 0.375. The first-order valence-corrected chi connectivity index (χ1v) is 7.22. The van der Waals surface area contributed by atoms with Crippen molar-refractivity contribution in [1.29, 1.82) is 0 Å². The van der Waals surface area contributed by atoms with Gasteiger partial charge in [-0.2, -0.15) is 13.2 Å². The summed E-state index contributed by atoms with van der Waals surface area (Å²) in [5.41, 5.74) is -2.78. The number of hydrogen-bond donors (Lipinski definition) is 2. The molecule has 2 rings (SSSR count). The molecule has 1 unspecified atom stereocenters. The highest BCUT2D eigenvalue weighted by Crippen LogP contribution is 2.41. The minimum Gasteiger partial charge on any atom is -0.376 e. The number of nitrogens with one attached hydrogen (secondary N) is 1. The van der Waals surface area contributed by atoms with Gasteiger partial charge >= 0.3 is 6.18 Å². The Balaban J connectivity index is 2.11. The van der Waals surface area contributed by atoms with Gasteiger partial charge in [0.05, 0.1) is 5.69 Å². The first kappa shape index (κ1) is 18.0. The quantitative estimate of drug-likeness (QED) is 0.876. The third-order valence-corrected chi connectivity index (χ3v) is 3.75. The monoisotopic (exact) mass is 342 g/mol. The van der Waals surface area contributed by atoms with Gasteiger partial charge in [-0.1, -0.05) is 35.5 Å². The number of nitrogens with zero attached hydrogens (tertiary/aromatic N) is 1. The molecular formula is C16H17F3N2O3. The van der Waals surface area contributed by atoms with Crippen LogP contribution in [0.25, 0.3) is 0 Å². The van der Waals surface area contributed by atoms with E-state index in [1.807, 2.05) is 0 Å². The van der Waals surface area contributed by atoms with Crippen molar-refractivity contribution in [1.82, 2.24) is 10.5 Å². The van der Waals surface area contributed by atoms with Crippen LogP contribution in [0.3, 0.4) is 0 Å². The fourth-order valence-electron chi connectivity index (χ4n) is 2.42. The second kappa shape index (κ2) is 6.64. The number of aliphatic hydroxyl groups is 1. The lowest BCUT2D eigenvalue weighted by atomic mass is 9.89. The number of halogens is 3. The molecule has 0 spiro atoms. The highest BCUT2D eigenvalue weighted by molar-refractivity contribution is 5.96. The van der Waals surface area contributed by atoms with Crippen LogP contribution < -0.4 is 5.32 Å².